The highest BCUT2D eigenvalue weighted by Gasteiger charge is 2.23. The number of aryl methyl sites for hydroxylation is 1. The van der Waals surface area contributed by atoms with E-state index in [1.807, 2.05) is 12.1 Å². The molecule has 0 amide bonds. The van der Waals surface area contributed by atoms with Crippen LogP contribution in [0.15, 0.2) is 34.8 Å². The van der Waals surface area contributed by atoms with Crippen molar-refractivity contribution in [2.24, 2.45) is 0 Å². The zero-order chi connectivity index (χ0) is 14.3. The molecule has 0 saturated heterocycles. The van der Waals surface area contributed by atoms with Crippen molar-refractivity contribution < 1.29 is 14.2 Å². The molecular weight excluding hydrogens is 323 g/mol. The van der Waals surface area contributed by atoms with Crippen molar-refractivity contribution in [2.75, 3.05) is 6.61 Å². The van der Waals surface area contributed by atoms with E-state index in [4.69, 9.17) is 4.74 Å². The molecule has 0 aromatic heterocycles. The molecule has 2 nitrogen and oxygen atoms in total. The summed E-state index contributed by atoms with van der Waals surface area (Å²) < 4.78 is 20.2. The van der Waals surface area contributed by atoms with E-state index in [0.717, 1.165) is 22.2 Å². The second-order valence-corrected chi connectivity index (χ2v) is 5.91. The highest BCUT2D eigenvalue weighted by molar-refractivity contribution is 9.10. The Morgan fingerprint density at radius 2 is 2.10 bits per heavy atom. The number of aliphatic hydroxyl groups excluding tert-OH is 1. The molecule has 0 bridgehead atoms. The molecule has 0 fully saturated rings. The Hall–Kier alpha value is -1.39. The monoisotopic (exact) mass is 336 g/mol. The molecule has 0 saturated carbocycles. The number of hydrogen-bond acceptors (Lipinski definition) is 2. The van der Waals surface area contributed by atoms with E-state index >= 15 is 0 Å². The van der Waals surface area contributed by atoms with E-state index in [1.54, 1.807) is 19.1 Å². The molecule has 1 aliphatic rings. The number of aliphatic hydroxyl groups is 1. The molecular formula is C16H14BrFO2. The molecule has 0 aliphatic carbocycles. The zero-order valence-electron chi connectivity index (χ0n) is 11.0. The van der Waals surface area contributed by atoms with Crippen LogP contribution < -0.4 is 4.74 Å². The summed E-state index contributed by atoms with van der Waals surface area (Å²) in [5.74, 6) is 0.413. The molecule has 1 heterocycles. The average Bonchev–Trinajstić information content (AvgIpc) is 2.88. The van der Waals surface area contributed by atoms with Crippen LogP contribution >= 0.6 is 15.9 Å². The third kappa shape index (κ3) is 2.34. The van der Waals surface area contributed by atoms with Gasteiger partial charge in [-0.1, -0.05) is 28.1 Å². The van der Waals surface area contributed by atoms with E-state index in [0.29, 0.717) is 23.3 Å². The number of fused-ring (bicyclic) bond motifs is 1. The van der Waals surface area contributed by atoms with E-state index in [1.165, 1.54) is 6.07 Å². The average molecular weight is 337 g/mol. The van der Waals surface area contributed by atoms with Gasteiger partial charge in [0.05, 0.1) is 6.61 Å². The standard InChI is InChI=1S/C16H14BrFO2/c1-9-2-3-10(7-14(9)18)15(19)13-8-12(17)6-11-4-5-20-16(11)13/h2-3,6-8,15,19H,4-5H2,1H3. The minimum atomic E-state index is -0.894. The van der Waals surface area contributed by atoms with Gasteiger partial charge in [0.15, 0.2) is 0 Å². The second kappa shape index (κ2) is 5.19. The molecule has 4 heteroatoms. The Morgan fingerprint density at radius 3 is 2.85 bits per heavy atom. The molecule has 104 valence electrons. The van der Waals surface area contributed by atoms with Crippen LogP contribution in [0.1, 0.15) is 28.4 Å². The third-order valence-electron chi connectivity index (χ3n) is 3.58. The second-order valence-electron chi connectivity index (χ2n) is 4.99. The van der Waals surface area contributed by atoms with Crippen LogP contribution in [0, 0.1) is 12.7 Å². The molecule has 0 radical (unpaired) electrons. The van der Waals surface area contributed by atoms with E-state index < -0.39 is 6.10 Å². The van der Waals surface area contributed by atoms with Gasteiger partial charge < -0.3 is 9.84 Å². The lowest BCUT2D eigenvalue weighted by molar-refractivity contribution is 0.213. The van der Waals surface area contributed by atoms with E-state index in [-0.39, 0.29) is 5.82 Å². The van der Waals surface area contributed by atoms with Gasteiger partial charge in [-0.25, -0.2) is 4.39 Å². The topological polar surface area (TPSA) is 29.5 Å². The summed E-state index contributed by atoms with van der Waals surface area (Å²) in [6.07, 6.45) is -0.0639. The summed E-state index contributed by atoms with van der Waals surface area (Å²) in [5.41, 5.74) is 2.84. The van der Waals surface area contributed by atoms with Crippen molar-refractivity contribution in [3.8, 4) is 5.75 Å². The maximum Gasteiger partial charge on any atom is 0.128 e. The van der Waals surface area contributed by atoms with Crippen molar-refractivity contribution in [1.82, 2.24) is 0 Å². The minimum absolute atomic E-state index is 0.311. The number of ether oxygens (including phenoxy) is 1. The Bertz CT molecular complexity index is 670. The van der Waals surface area contributed by atoms with Crippen LogP contribution in [0.5, 0.6) is 5.75 Å². The largest absolute Gasteiger partial charge is 0.493 e. The predicted octanol–water partition coefficient (Wildman–Crippen LogP) is 3.91. The number of benzene rings is 2. The Kier molecular flexibility index (Phi) is 3.52. The SMILES string of the molecule is Cc1ccc(C(O)c2cc(Br)cc3c2OCC3)cc1F. The van der Waals surface area contributed by atoms with Crippen LogP contribution in [0.25, 0.3) is 0 Å². The Morgan fingerprint density at radius 1 is 1.30 bits per heavy atom. The quantitative estimate of drug-likeness (QED) is 0.900. The highest BCUT2D eigenvalue weighted by atomic mass is 79.9. The Balaban J connectivity index is 2.06. The molecule has 1 aliphatic heterocycles. The first-order valence-electron chi connectivity index (χ1n) is 6.45. The molecule has 1 N–H and O–H groups in total. The lowest BCUT2D eigenvalue weighted by Crippen LogP contribution is -2.03. The van der Waals surface area contributed by atoms with Crippen molar-refractivity contribution in [3.63, 3.8) is 0 Å². The van der Waals surface area contributed by atoms with Crippen LogP contribution in [0.2, 0.25) is 0 Å². The summed E-state index contributed by atoms with van der Waals surface area (Å²) in [6.45, 7) is 2.32. The highest BCUT2D eigenvalue weighted by Crippen LogP contribution is 2.38. The summed E-state index contributed by atoms with van der Waals surface area (Å²) in [6, 6.07) is 8.61. The lowest BCUT2D eigenvalue weighted by Gasteiger charge is -2.16. The summed E-state index contributed by atoms with van der Waals surface area (Å²) >= 11 is 3.44. The normalized spacial score (nSPS) is 14.8. The molecule has 2 aromatic carbocycles. The summed E-state index contributed by atoms with van der Waals surface area (Å²) in [4.78, 5) is 0. The number of halogens is 2. The van der Waals surface area contributed by atoms with Crippen LogP contribution in [-0.4, -0.2) is 11.7 Å². The first-order valence-corrected chi connectivity index (χ1v) is 7.25. The fourth-order valence-electron chi connectivity index (χ4n) is 2.46. The minimum Gasteiger partial charge on any atom is -0.493 e. The van der Waals surface area contributed by atoms with Crippen LogP contribution in [0.4, 0.5) is 4.39 Å². The van der Waals surface area contributed by atoms with Crippen LogP contribution in [0.3, 0.4) is 0 Å². The molecule has 20 heavy (non-hydrogen) atoms. The smallest absolute Gasteiger partial charge is 0.128 e. The zero-order valence-corrected chi connectivity index (χ0v) is 12.6. The van der Waals surface area contributed by atoms with E-state index in [2.05, 4.69) is 15.9 Å². The molecule has 2 aromatic rings. The van der Waals surface area contributed by atoms with Gasteiger partial charge in [0.1, 0.15) is 17.7 Å². The van der Waals surface area contributed by atoms with Gasteiger partial charge in [-0.2, -0.15) is 0 Å². The molecule has 3 rings (SSSR count). The van der Waals surface area contributed by atoms with Crippen molar-refractivity contribution in [1.29, 1.82) is 0 Å². The lowest BCUT2D eigenvalue weighted by atomic mass is 9.97. The number of rotatable bonds is 2. The summed E-state index contributed by atoms with van der Waals surface area (Å²) in [7, 11) is 0. The number of hydrogen-bond donors (Lipinski definition) is 1. The van der Waals surface area contributed by atoms with Gasteiger partial charge in [-0.15, -0.1) is 0 Å². The van der Waals surface area contributed by atoms with Gasteiger partial charge in [0.2, 0.25) is 0 Å². The van der Waals surface area contributed by atoms with Gasteiger partial charge in [-0.05, 0) is 41.8 Å². The maximum absolute atomic E-state index is 13.7. The molecule has 0 spiro atoms. The van der Waals surface area contributed by atoms with Crippen molar-refractivity contribution in [3.05, 3.63) is 62.9 Å². The van der Waals surface area contributed by atoms with Crippen LogP contribution in [-0.2, 0) is 6.42 Å². The van der Waals surface area contributed by atoms with Gasteiger partial charge in [0.25, 0.3) is 0 Å². The first kappa shape index (κ1) is 13.6. The molecule has 1 atom stereocenters. The maximum atomic E-state index is 13.7. The van der Waals surface area contributed by atoms with Crippen molar-refractivity contribution in [2.45, 2.75) is 19.4 Å². The van der Waals surface area contributed by atoms with E-state index in [9.17, 15) is 9.50 Å². The first-order chi connectivity index (χ1) is 9.56. The third-order valence-corrected chi connectivity index (χ3v) is 4.04. The fourth-order valence-corrected chi connectivity index (χ4v) is 2.98. The van der Waals surface area contributed by atoms with Gasteiger partial charge in [0, 0.05) is 16.5 Å². The molecule has 1 unspecified atom stereocenters. The summed E-state index contributed by atoms with van der Waals surface area (Å²) in [5, 5.41) is 10.5. The van der Waals surface area contributed by atoms with Gasteiger partial charge in [-0.3, -0.25) is 0 Å². The Labute approximate surface area is 125 Å². The fraction of sp³-hybridized carbons (Fsp3) is 0.250. The van der Waals surface area contributed by atoms with Crippen molar-refractivity contribution >= 4 is 15.9 Å². The van der Waals surface area contributed by atoms with Gasteiger partial charge >= 0.3 is 0 Å². The predicted molar refractivity (Wildman–Crippen MR) is 78.5 cm³/mol.